The van der Waals surface area contributed by atoms with Gasteiger partial charge in [0.1, 0.15) is 0 Å². The molecule has 0 aromatic heterocycles. The molecule has 19 heavy (non-hydrogen) atoms. The zero-order chi connectivity index (χ0) is 13.8. The summed E-state index contributed by atoms with van der Waals surface area (Å²) in [6.45, 7) is 10.9. The normalized spacial score (nSPS) is 33.1. The molecule has 1 amide bonds. The highest BCUT2D eigenvalue weighted by atomic mass is 16.5. The predicted octanol–water partition coefficient (Wildman–Crippen LogP) is 0.654. The second-order valence-corrected chi connectivity index (χ2v) is 5.43. The van der Waals surface area contributed by atoms with Crippen LogP contribution in [0.25, 0.3) is 0 Å². The first-order chi connectivity index (χ1) is 9.19. The van der Waals surface area contributed by atoms with E-state index in [4.69, 9.17) is 4.74 Å². The van der Waals surface area contributed by atoms with Crippen molar-refractivity contribution >= 4 is 5.91 Å². The maximum Gasteiger partial charge on any atom is 0.241 e. The lowest BCUT2D eigenvalue weighted by molar-refractivity contribution is -0.133. The Morgan fingerprint density at radius 3 is 2.74 bits per heavy atom. The fourth-order valence-corrected chi connectivity index (χ4v) is 2.99. The number of carbonyl (C=O) groups excluding carboxylic acids is 1. The summed E-state index contributed by atoms with van der Waals surface area (Å²) in [7, 11) is 0. The van der Waals surface area contributed by atoms with Crippen molar-refractivity contribution in [1.29, 1.82) is 0 Å². The molecule has 0 radical (unpaired) electrons. The number of ether oxygens (including phenoxy) is 1. The molecule has 0 aromatic rings. The quantitative estimate of drug-likeness (QED) is 0.796. The van der Waals surface area contributed by atoms with Gasteiger partial charge >= 0.3 is 0 Å². The summed E-state index contributed by atoms with van der Waals surface area (Å²) in [4.78, 5) is 16.7. The molecule has 5 nitrogen and oxygen atoms in total. The average Bonchev–Trinajstić information content (AvgIpc) is 2.75. The van der Waals surface area contributed by atoms with E-state index >= 15 is 0 Å². The predicted molar refractivity (Wildman–Crippen MR) is 74.9 cm³/mol. The number of nitrogens with zero attached hydrogens (tertiary/aromatic N) is 2. The van der Waals surface area contributed by atoms with Gasteiger partial charge in [-0.2, -0.15) is 0 Å². The first-order valence-corrected chi connectivity index (χ1v) is 7.60. The van der Waals surface area contributed by atoms with Gasteiger partial charge in [0.2, 0.25) is 5.91 Å². The van der Waals surface area contributed by atoms with E-state index in [-0.39, 0.29) is 24.2 Å². The van der Waals surface area contributed by atoms with Crippen molar-refractivity contribution in [3.63, 3.8) is 0 Å². The van der Waals surface area contributed by atoms with Gasteiger partial charge in [0.25, 0.3) is 0 Å². The van der Waals surface area contributed by atoms with Crippen LogP contribution >= 0.6 is 0 Å². The number of rotatable bonds is 5. The SMILES string of the molecule is CCC1NC(CC)N(CC2CN(CC)CCO2)C1=O. The Labute approximate surface area is 116 Å². The largest absolute Gasteiger partial charge is 0.374 e. The highest BCUT2D eigenvalue weighted by Gasteiger charge is 2.38. The first-order valence-electron chi connectivity index (χ1n) is 7.60. The fourth-order valence-electron chi connectivity index (χ4n) is 2.99. The van der Waals surface area contributed by atoms with Gasteiger partial charge < -0.3 is 9.64 Å². The lowest BCUT2D eigenvalue weighted by atomic mass is 10.2. The third kappa shape index (κ3) is 3.27. The second-order valence-electron chi connectivity index (χ2n) is 5.43. The van der Waals surface area contributed by atoms with E-state index in [0.717, 1.165) is 45.6 Å². The van der Waals surface area contributed by atoms with Gasteiger partial charge in [0, 0.05) is 19.6 Å². The third-order valence-electron chi connectivity index (χ3n) is 4.22. The Morgan fingerprint density at radius 1 is 1.32 bits per heavy atom. The summed E-state index contributed by atoms with van der Waals surface area (Å²) in [5.74, 6) is 0.242. The molecule has 2 fully saturated rings. The van der Waals surface area contributed by atoms with Crippen LogP contribution in [0, 0.1) is 0 Å². The van der Waals surface area contributed by atoms with Crippen LogP contribution in [0.2, 0.25) is 0 Å². The monoisotopic (exact) mass is 269 g/mol. The number of hydrogen-bond donors (Lipinski definition) is 1. The van der Waals surface area contributed by atoms with Gasteiger partial charge in [-0.15, -0.1) is 0 Å². The molecule has 0 bridgehead atoms. The van der Waals surface area contributed by atoms with Gasteiger partial charge in [-0.3, -0.25) is 15.0 Å². The standard InChI is InChI=1S/C14H27N3O2/c1-4-12-14(18)17(13(5-2)15-12)10-11-9-16(6-3)7-8-19-11/h11-13,15H,4-10H2,1-3H3. The number of likely N-dealkylation sites (N-methyl/N-ethyl adjacent to an activating group) is 1. The Morgan fingerprint density at radius 2 is 2.11 bits per heavy atom. The fraction of sp³-hybridized carbons (Fsp3) is 0.929. The number of nitrogens with one attached hydrogen (secondary N) is 1. The Balaban J connectivity index is 1.94. The van der Waals surface area contributed by atoms with Crippen LogP contribution in [0.3, 0.4) is 0 Å². The average molecular weight is 269 g/mol. The molecule has 3 unspecified atom stereocenters. The van der Waals surface area contributed by atoms with Crippen LogP contribution < -0.4 is 5.32 Å². The van der Waals surface area contributed by atoms with Gasteiger partial charge in [-0.1, -0.05) is 20.8 Å². The van der Waals surface area contributed by atoms with Crippen molar-refractivity contribution in [1.82, 2.24) is 15.1 Å². The molecule has 0 aromatic carbocycles. The molecule has 0 saturated carbocycles. The van der Waals surface area contributed by atoms with Crippen LogP contribution in [0.1, 0.15) is 33.6 Å². The number of morpholine rings is 1. The minimum Gasteiger partial charge on any atom is -0.374 e. The summed E-state index contributed by atoms with van der Waals surface area (Å²) < 4.78 is 5.82. The van der Waals surface area contributed by atoms with E-state index in [2.05, 4.69) is 31.0 Å². The van der Waals surface area contributed by atoms with Crippen LogP contribution in [0.5, 0.6) is 0 Å². The molecular weight excluding hydrogens is 242 g/mol. The maximum atomic E-state index is 12.3. The molecule has 2 saturated heterocycles. The van der Waals surface area contributed by atoms with Crippen molar-refractivity contribution in [2.45, 2.75) is 51.9 Å². The summed E-state index contributed by atoms with van der Waals surface area (Å²) in [6, 6.07) is -0.00387. The highest BCUT2D eigenvalue weighted by molar-refractivity contribution is 5.84. The molecule has 2 rings (SSSR count). The van der Waals surface area contributed by atoms with E-state index < -0.39 is 0 Å². The molecule has 0 aliphatic carbocycles. The smallest absolute Gasteiger partial charge is 0.241 e. The minimum atomic E-state index is -0.00387. The molecule has 1 N–H and O–H groups in total. The Kier molecular flexibility index (Phi) is 5.19. The Hall–Kier alpha value is -0.650. The van der Waals surface area contributed by atoms with E-state index in [1.165, 1.54) is 0 Å². The summed E-state index contributed by atoms with van der Waals surface area (Å²) in [5.41, 5.74) is 0. The number of amides is 1. The van der Waals surface area contributed by atoms with Crippen molar-refractivity contribution in [2.75, 3.05) is 32.8 Å². The van der Waals surface area contributed by atoms with Crippen LogP contribution in [-0.4, -0.2) is 66.8 Å². The van der Waals surface area contributed by atoms with Crippen molar-refractivity contribution in [3.8, 4) is 0 Å². The molecule has 3 atom stereocenters. The van der Waals surface area contributed by atoms with Gasteiger partial charge in [-0.05, 0) is 19.4 Å². The zero-order valence-corrected chi connectivity index (χ0v) is 12.4. The summed E-state index contributed by atoms with van der Waals surface area (Å²) in [6.07, 6.45) is 2.15. The lowest BCUT2D eigenvalue weighted by Crippen LogP contribution is -2.50. The number of carbonyl (C=O) groups is 1. The molecule has 2 aliphatic heterocycles. The topological polar surface area (TPSA) is 44.8 Å². The van der Waals surface area contributed by atoms with Gasteiger partial charge in [-0.25, -0.2) is 0 Å². The van der Waals surface area contributed by atoms with E-state index in [9.17, 15) is 4.79 Å². The summed E-state index contributed by atoms with van der Waals surface area (Å²) in [5, 5.41) is 3.41. The minimum absolute atomic E-state index is 0.00387. The molecule has 5 heteroatoms. The third-order valence-corrected chi connectivity index (χ3v) is 4.22. The lowest BCUT2D eigenvalue weighted by Gasteiger charge is -2.35. The van der Waals surface area contributed by atoms with Crippen LogP contribution in [0.15, 0.2) is 0 Å². The molecular formula is C14H27N3O2. The van der Waals surface area contributed by atoms with E-state index in [1.807, 2.05) is 4.90 Å². The molecule has 110 valence electrons. The molecule has 2 aliphatic rings. The van der Waals surface area contributed by atoms with Crippen LogP contribution in [0.4, 0.5) is 0 Å². The Bertz CT molecular complexity index is 311. The first kappa shape index (κ1) is 14.8. The van der Waals surface area contributed by atoms with Crippen molar-refractivity contribution < 1.29 is 9.53 Å². The van der Waals surface area contributed by atoms with E-state index in [0.29, 0.717) is 0 Å². The molecule has 0 spiro atoms. The zero-order valence-electron chi connectivity index (χ0n) is 12.4. The summed E-state index contributed by atoms with van der Waals surface area (Å²) >= 11 is 0. The highest BCUT2D eigenvalue weighted by Crippen LogP contribution is 2.18. The van der Waals surface area contributed by atoms with Gasteiger partial charge in [0.05, 0.1) is 24.9 Å². The van der Waals surface area contributed by atoms with Crippen molar-refractivity contribution in [2.24, 2.45) is 0 Å². The molecule has 2 heterocycles. The number of hydrogen-bond acceptors (Lipinski definition) is 4. The van der Waals surface area contributed by atoms with Crippen LogP contribution in [-0.2, 0) is 9.53 Å². The van der Waals surface area contributed by atoms with Gasteiger partial charge in [0.15, 0.2) is 0 Å². The maximum absolute atomic E-state index is 12.3. The second kappa shape index (κ2) is 6.68. The van der Waals surface area contributed by atoms with Crippen molar-refractivity contribution in [3.05, 3.63) is 0 Å². The van der Waals surface area contributed by atoms with E-state index in [1.54, 1.807) is 0 Å².